The summed E-state index contributed by atoms with van der Waals surface area (Å²) in [5, 5.41) is 9.72. The molecule has 0 aliphatic heterocycles. The van der Waals surface area contributed by atoms with Gasteiger partial charge in [0.25, 0.3) is 5.91 Å². The molecule has 28 heavy (non-hydrogen) atoms. The van der Waals surface area contributed by atoms with E-state index in [4.69, 9.17) is 4.42 Å². The summed E-state index contributed by atoms with van der Waals surface area (Å²) >= 11 is 1.67. The number of furan rings is 1. The average molecular weight is 394 g/mol. The molecule has 144 valence electrons. The number of nitrogens with zero attached hydrogens (tertiary/aromatic N) is 2. The third kappa shape index (κ3) is 5.56. The number of aliphatic hydroxyl groups is 1. The quantitative estimate of drug-likeness (QED) is 0.664. The highest BCUT2D eigenvalue weighted by Gasteiger charge is 2.21. The van der Waals surface area contributed by atoms with E-state index in [0.717, 1.165) is 10.4 Å². The number of carbonyl (C=O) groups is 1. The Morgan fingerprint density at radius 1 is 1.18 bits per heavy atom. The first-order valence-electron chi connectivity index (χ1n) is 8.89. The number of pyridine rings is 1. The molecule has 0 aliphatic carbocycles. The maximum Gasteiger partial charge on any atom is 0.290 e. The van der Waals surface area contributed by atoms with Crippen LogP contribution in [0.15, 0.2) is 53.2 Å². The van der Waals surface area contributed by atoms with Gasteiger partial charge >= 0.3 is 0 Å². The first kappa shape index (κ1) is 19.9. The Morgan fingerprint density at radius 2 is 1.93 bits per heavy atom. The van der Waals surface area contributed by atoms with Crippen LogP contribution < -0.4 is 0 Å². The molecule has 0 bridgehead atoms. The molecular formula is C22H22N2O3S. The Morgan fingerprint density at radius 3 is 2.57 bits per heavy atom. The molecule has 1 N–H and O–H groups in total. The lowest BCUT2D eigenvalue weighted by atomic mass is 10.1. The van der Waals surface area contributed by atoms with Crippen molar-refractivity contribution in [3.05, 3.63) is 75.6 Å². The van der Waals surface area contributed by atoms with Crippen molar-refractivity contribution in [2.24, 2.45) is 0 Å². The maximum absolute atomic E-state index is 13.1. The van der Waals surface area contributed by atoms with Gasteiger partial charge in [-0.15, -0.1) is 11.3 Å². The summed E-state index contributed by atoms with van der Waals surface area (Å²) in [6, 6.07) is 11.1. The van der Waals surface area contributed by atoms with Crippen LogP contribution in [0.4, 0.5) is 0 Å². The fourth-order valence-electron chi connectivity index (χ4n) is 2.56. The molecule has 0 unspecified atom stereocenters. The van der Waals surface area contributed by atoms with Crippen LogP contribution in [-0.4, -0.2) is 26.5 Å². The second-order valence-electron chi connectivity index (χ2n) is 7.00. The summed E-state index contributed by atoms with van der Waals surface area (Å²) in [7, 11) is 0. The van der Waals surface area contributed by atoms with Crippen molar-refractivity contribution in [3.8, 4) is 11.8 Å². The van der Waals surface area contributed by atoms with Gasteiger partial charge in [-0.2, -0.15) is 0 Å². The number of hydrogen-bond acceptors (Lipinski definition) is 5. The standard InChI is InChI=1S/C22H22N2O3S/c1-16-4-6-19(28-16)15-24(14-17-9-12-23-13-10-17)21(25)20-7-5-18(27-20)8-11-22(2,3)26/h4-7,9-10,12-13,26H,14-15H2,1-3H3. The van der Waals surface area contributed by atoms with Gasteiger partial charge in [0.15, 0.2) is 11.5 Å². The smallest absolute Gasteiger partial charge is 0.290 e. The van der Waals surface area contributed by atoms with Crippen LogP contribution in [0, 0.1) is 18.8 Å². The van der Waals surface area contributed by atoms with Gasteiger partial charge in [-0.1, -0.05) is 5.92 Å². The van der Waals surface area contributed by atoms with Gasteiger partial charge in [0, 0.05) is 28.7 Å². The summed E-state index contributed by atoms with van der Waals surface area (Å²) in [6.45, 7) is 6.17. The Bertz CT molecular complexity index is 1000. The Kier molecular flexibility index (Phi) is 5.98. The van der Waals surface area contributed by atoms with Crippen molar-refractivity contribution in [1.29, 1.82) is 0 Å². The van der Waals surface area contributed by atoms with E-state index in [1.165, 1.54) is 4.88 Å². The fraction of sp³-hybridized carbons (Fsp3) is 0.273. The number of rotatable bonds is 5. The lowest BCUT2D eigenvalue weighted by Crippen LogP contribution is -2.29. The van der Waals surface area contributed by atoms with Crippen LogP contribution in [0.3, 0.4) is 0 Å². The predicted molar refractivity (Wildman–Crippen MR) is 109 cm³/mol. The second-order valence-corrected chi connectivity index (χ2v) is 8.37. The molecule has 0 aliphatic rings. The van der Waals surface area contributed by atoms with Crippen molar-refractivity contribution in [2.75, 3.05) is 0 Å². The number of aromatic nitrogens is 1. The third-order valence-electron chi connectivity index (χ3n) is 3.86. The van der Waals surface area contributed by atoms with Gasteiger partial charge in [0.1, 0.15) is 5.60 Å². The molecule has 3 rings (SSSR count). The molecule has 1 amide bonds. The van der Waals surface area contributed by atoms with Crippen molar-refractivity contribution < 1.29 is 14.3 Å². The second kappa shape index (κ2) is 8.42. The average Bonchev–Trinajstić information content (AvgIpc) is 3.28. The van der Waals surface area contributed by atoms with Crippen molar-refractivity contribution >= 4 is 17.2 Å². The first-order chi connectivity index (χ1) is 13.3. The van der Waals surface area contributed by atoms with E-state index < -0.39 is 5.60 Å². The van der Waals surface area contributed by atoms with Crippen molar-refractivity contribution in [2.45, 2.75) is 39.5 Å². The van der Waals surface area contributed by atoms with E-state index in [9.17, 15) is 9.90 Å². The highest BCUT2D eigenvalue weighted by Crippen LogP contribution is 2.21. The van der Waals surface area contributed by atoms with Crippen LogP contribution in [0.1, 0.15) is 45.5 Å². The molecule has 6 heteroatoms. The van der Waals surface area contributed by atoms with Crippen LogP contribution >= 0.6 is 11.3 Å². The number of amides is 1. The Hall–Kier alpha value is -2.88. The number of hydrogen-bond donors (Lipinski definition) is 1. The zero-order valence-corrected chi connectivity index (χ0v) is 16.9. The molecule has 0 saturated heterocycles. The summed E-state index contributed by atoms with van der Waals surface area (Å²) < 4.78 is 5.62. The molecule has 3 aromatic rings. The normalized spacial score (nSPS) is 11.0. The number of carbonyl (C=O) groups excluding carboxylic acids is 1. The first-order valence-corrected chi connectivity index (χ1v) is 9.71. The van der Waals surface area contributed by atoms with E-state index in [1.54, 1.807) is 54.6 Å². The van der Waals surface area contributed by atoms with E-state index in [-0.39, 0.29) is 11.7 Å². The van der Waals surface area contributed by atoms with E-state index in [2.05, 4.69) is 16.8 Å². The summed E-state index contributed by atoms with van der Waals surface area (Å²) in [4.78, 5) is 21.2. The molecule has 5 nitrogen and oxygen atoms in total. The van der Waals surface area contributed by atoms with Crippen LogP contribution in [-0.2, 0) is 13.1 Å². The van der Waals surface area contributed by atoms with Gasteiger partial charge in [-0.05, 0) is 68.7 Å². The van der Waals surface area contributed by atoms with Gasteiger partial charge in [-0.25, -0.2) is 0 Å². The third-order valence-corrected chi connectivity index (χ3v) is 4.85. The summed E-state index contributed by atoms with van der Waals surface area (Å²) in [5.41, 5.74) is -0.133. The molecular weight excluding hydrogens is 372 g/mol. The van der Waals surface area contributed by atoms with E-state index in [1.807, 2.05) is 31.2 Å². The maximum atomic E-state index is 13.1. The summed E-state index contributed by atoms with van der Waals surface area (Å²) in [5.74, 6) is 5.81. The minimum Gasteiger partial charge on any atom is -0.443 e. The molecule has 3 heterocycles. The zero-order chi connectivity index (χ0) is 20.1. The fourth-order valence-corrected chi connectivity index (χ4v) is 3.46. The monoisotopic (exact) mass is 394 g/mol. The molecule has 0 spiro atoms. The van der Waals surface area contributed by atoms with Crippen LogP contribution in [0.25, 0.3) is 0 Å². The molecule has 0 saturated carbocycles. The van der Waals surface area contributed by atoms with Crippen molar-refractivity contribution in [3.63, 3.8) is 0 Å². The van der Waals surface area contributed by atoms with Gasteiger partial charge < -0.3 is 14.4 Å². The molecule has 3 aromatic heterocycles. The predicted octanol–water partition coefficient (Wildman–Crippen LogP) is 4.01. The topological polar surface area (TPSA) is 66.6 Å². The lowest BCUT2D eigenvalue weighted by molar-refractivity contribution is 0.0698. The van der Waals surface area contributed by atoms with Crippen LogP contribution in [0.2, 0.25) is 0 Å². The lowest BCUT2D eigenvalue weighted by Gasteiger charge is -2.21. The number of thiophene rings is 1. The van der Waals surface area contributed by atoms with Crippen molar-refractivity contribution in [1.82, 2.24) is 9.88 Å². The highest BCUT2D eigenvalue weighted by atomic mass is 32.1. The van der Waals surface area contributed by atoms with E-state index in [0.29, 0.717) is 18.8 Å². The van der Waals surface area contributed by atoms with Crippen LogP contribution in [0.5, 0.6) is 0 Å². The minimum absolute atomic E-state index is 0.209. The SMILES string of the molecule is Cc1ccc(CN(Cc2ccncc2)C(=O)c2ccc(C#CC(C)(C)O)o2)s1. The van der Waals surface area contributed by atoms with Gasteiger partial charge in [-0.3, -0.25) is 9.78 Å². The van der Waals surface area contributed by atoms with Gasteiger partial charge in [0.05, 0.1) is 6.54 Å². The Balaban J connectivity index is 1.83. The number of aryl methyl sites for hydroxylation is 1. The molecule has 0 radical (unpaired) electrons. The molecule has 0 atom stereocenters. The molecule has 0 aromatic carbocycles. The Labute approximate surface area is 168 Å². The van der Waals surface area contributed by atoms with Gasteiger partial charge in [0.2, 0.25) is 0 Å². The molecule has 0 fully saturated rings. The summed E-state index contributed by atoms with van der Waals surface area (Å²) in [6.07, 6.45) is 3.43. The zero-order valence-electron chi connectivity index (χ0n) is 16.1. The largest absolute Gasteiger partial charge is 0.443 e. The minimum atomic E-state index is -1.12. The highest BCUT2D eigenvalue weighted by molar-refractivity contribution is 7.11. The van der Waals surface area contributed by atoms with E-state index >= 15 is 0 Å².